The van der Waals surface area contributed by atoms with Crippen molar-refractivity contribution in [2.75, 3.05) is 32.1 Å². The minimum Gasteiger partial charge on any atom is -0.490 e. The Morgan fingerprint density at radius 1 is 0.947 bits per heavy atom. The number of rotatable bonds is 8. The van der Waals surface area contributed by atoms with Gasteiger partial charge in [-0.3, -0.25) is 9.59 Å². The minimum atomic E-state index is -4.78. The van der Waals surface area contributed by atoms with E-state index in [2.05, 4.69) is 10.1 Å². The second-order valence-corrected chi connectivity index (χ2v) is 8.73. The highest BCUT2D eigenvalue weighted by Crippen LogP contribution is 2.29. The lowest BCUT2D eigenvalue weighted by Crippen LogP contribution is -2.43. The molecule has 0 spiro atoms. The summed E-state index contributed by atoms with van der Waals surface area (Å²) in [6.45, 7) is 1.24. The third-order valence-electron chi connectivity index (χ3n) is 6.03. The Balaban J connectivity index is 1.40. The van der Waals surface area contributed by atoms with Gasteiger partial charge in [0.15, 0.2) is 0 Å². The SMILES string of the molecule is COCC(=O)N1CCC(Oc2cccc(NC(=O)c3ccccc3-c3ccc(OC(F)(F)F)cc3)c2)CC1. The molecular weight excluding hydrogens is 501 g/mol. The van der Waals surface area contributed by atoms with Crippen LogP contribution in [0.15, 0.2) is 72.8 Å². The normalized spacial score (nSPS) is 14.2. The molecular formula is C28H27F3N2O5. The van der Waals surface area contributed by atoms with Crippen LogP contribution in [0, 0.1) is 0 Å². The summed E-state index contributed by atoms with van der Waals surface area (Å²) < 4.78 is 52.3. The summed E-state index contributed by atoms with van der Waals surface area (Å²) in [4.78, 5) is 26.9. The first-order chi connectivity index (χ1) is 18.2. The fourth-order valence-electron chi connectivity index (χ4n) is 4.24. The summed E-state index contributed by atoms with van der Waals surface area (Å²) in [6, 6.07) is 19.2. The van der Waals surface area contributed by atoms with Gasteiger partial charge in [-0.2, -0.15) is 0 Å². The van der Waals surface area contributed by atoms with Gasteiger partial charge in [0.2, 0.25) is 5.91 Å². The van der Waals surface area contributed by atoms with Crippen molar-refractivity contribution in [3.05, 3.63) is 78.4 Å². The number of piperidine rings is 1. The fraction of sp³-hybridized carbons (Fsp3) is 0.286. The zero-order chi connectivity index (χ0) is 27.1. The number of carbonyl (C=O) groups is 2. The quantitative estimate of drug-likeness (QED) is 0.417. The van der Waals surface area contributed by atoms with E-state index >= 15 is 0 Å². The molecule has 0 radical (unpaired) electrons. The Bertz CT molecular complexity index is 1260. The van der Waals surface area contributed by atoms with Crippen LogP contribution in [0.2, 0.25) is 0 Å². The second-order valence-electron chi connectivity index (χ2n) is 8.73. The van der Waals surface area contributed by atoms with Crippen molar-refractivity contribution in [2.24, 2.45) is 0 Å². The zero-order valence-corrected chi connectivity index (χ0v) is 20.7. The number of hydrogen-bond donors (Lipinski definition) is 1. The van der Waals surface area contributed by atoms with Crippen molar-refractivity contribution in [3.63, 3.8) is 0 Å². The van der Waals surface area contributed by atoms with Crippen LogP contribution < -0.4 is 14.8 Å². The molecule has 0 unspecified atom stereocenters. The molecule has 0 aliphatic carbocycles. The molecule has 3 aromatic carbocycles. The molecule has 1 heterocycles. The number of likely N-dealkylation sites (tertiary alicyclic amines) is 1. The number of benzene rings is 3. The lowest BCUT2D eigenvalue weighted by Gasteiger charge is -2.32. The highest BCUT2D eigenvalue weighted by Gasteiger charge is 2.31. The van der Waals surface area contributed by atoms with Crippen molar-refractivity contribution < 1.29 is 37.0 Å². The van der Waals surface area contributed by atoms with Crippen LogP contribution in [0.1, 0.15) is 23.2 Å². The molecule has 3 aromatic rings. The highest BCUT2D eigenvalue weighted by molar-refractivity contribution is 6.08. The summed E-state index contributed by atoms with van der Waals surface area (Å²) >= 11 is 0. The Morgan fingerprint density at radius 2 is 1.66 bits per heavy atom. The molecule has 0 saturated carbocycles. The van der Waals surface area contributed by atoms with Crippen LogP contribution in [0.4, 0.5) is 18.9 Å². The third kappa shape index (κ3) is 7.25. The first kappa shape index (κ1) is 27.0. The molecule has 4 rings (SSSR count). The van der Waals surface area contributed by atoms with Crippen molar-refractivity contribution in [3.8, 4) is 22.6 Å². The van der Waals surface area contributed by atoms with Gasteiger partial charge >= 0.3 is 6.36 Å². The monoisotopic (exact) mass is 528 g/mol. The lowest BCUT2D eigenvalue weighted by molar-refractivity contribution is -0.274. The largest absolute Gasteiger partial charge is 0.573 e. The van der Waals surface area contributed by atoms with Crippen LogP contribution in [0.3, 0.4) is 0 Å². The number of alkyl halides is 3. The first-order valence-electron chi connectivity index (χ1n) is 12.0. The number of carbonyl (C=O) groups excluding carboxylic acids is 2. The number of nitrogens with one attached hydrogen (secondary N) is 1. The molecule has 1 saturated heterocycles. The average Bonchev–Trinajstić information content (AvgIpc) is 2.89. The fourth-order valence-corrected chi connectivity index (χ4v) is 4.24. The van der Waals surface area contributed by atoms with E-state index in [1.165, 1.54) is 31.4 Å². The van der Waals surface area contributed by atoms with Crippen molar-refractivity contribution >= 4 is 17.5 Å². The van der Waals surface area contributed by atoms with Crippen molar-refractivity contribution in [1.82, 2.24) is 4.90 Å². The second kappa shape index (κ2) is 12.0. The van der Waals surface area contributed by atoms with E-state index in [-0.39, 0.29) is 30.3 Å². The minimum absolute atomic E-state index is 0.0403. The van der Waals surface area contributed by atoms with Crippen LogP contribution >= 0.6 is 0 Å². The van der Waals surface area contributed by atoms with Gasteiger partial charge in [-0.05, 0) is 41.5 Å². The zero-order valence-electron chi connectivity index (χ0n) is 20.7. The predicted octanol–water partition coefficient (Wildman–Crippen LogP) is 5.52. The molecule has 0 bridgehead atoms. The lowest BCUT2D eigenvalue weighted by atomic mass is 9.99. The molecule has 2 amide bonds. The Kier molecular flexibility index (Phi) is 8.52. The van der Waals surface area contributed by atoms with Gasteiger partial charge in [0, 0.05) is 50.4 Å². The molecule has 38 heavy (non-hydrogen) atoms. The van der Waals surface area contributed by atoms with E-state index in [1.54, 1.807) is 53.4 Å². The number of ether oxygens (including phenoxy) is 3. The number of amides is 2. The number of hydrogen-bond acceptors (Lipinski definition) is 5. The van der Waals surface area contributed by atoms with Crippen LogP contribution in [0.5, 0.6) is 11.5 Å². The molecule has 10 heteroatoms. The maximum Gasteiger partial charge on any atom is 0.573 e. The van der Waals surface area contributed by atoms with Crippen LogP contribution in [0.25, 0.3) is 11.1 Å². The van der Waals surface area contributed by atoms with Gasteiger partial charge in [-0.25, -0.2) is 0 Å². The van der Waals surface area contributed by atoms with Crippen LogP contribution in [-0.4, -0.2) is 56.0 Å². The average molecular weight is 529 g/mol. The molecule has 1 N–H and O–H groups in total. The number of methoxy groups -OCH3 is 1. The summed E-state index contributed by atoms with van der Waals surface area (Å²) in [5, 5.41) is 2.87. The Labute approximate surface area is 218 Å². The van der Waals surface area contributed by atoms with E-state index in [4.69, 9.17) is 9.47 Å². The Hall–Kier alpha value is -4.05. The standard InChI is InChI=1S/C28H27F3N2O5/c1-36-18-26(34)33-15-13-21(14-16-33)37-23-6-4-5-20(17-23)32-27(35)25-8-3-2-7-24(25)19-9-11-22(12-10-19)38-28(29,30)31/h2-12,17,21H,13-16,18H2,1H3,(H,32,35). The molecule has 200 valence electrons. The van der Waals surface area contributed by atoms with Crippen LogP contribution in [-0.2, 0) is 9.53 Å². The van der Waals surface area contributed by atoms with E-state index in [0.29, 0.717) is 54.1 Å². The molecule has 0 aromatic heterocycles. The van der Waals surface area contributed by atoms with Gasteiger partial charge in [0.05, 0.1) is 0 Å². The van der Waals surface area contributed by atoms with E-state index in [9.17, 15) is 22.8 Å². The smallest absolute Gasteiger partial charge is 0.490 e. The van der Waals surface area contributed by atoms with E-state index < -0.39 is 6.36 Å². The predicted molar refractivity (Wildman–Crippen MR) is 135 cm³/mol. The molecule has 7 nitrogen and oxygen atoms in total. The van der Waals surface area contributed by atoms with Gasteiger partial charge in [-0.15, -0.1) is 13.2 Å². The summed E-state index contributed by atoms with van der Waals surface area (Å²) in [5.41, 5.74) is 2.02. The van der Waals surface area contributed by atoms with Crippen molar-refractivity contribution in [2.45, 2.75) is 25.3 Å². The molecule has 0 atom stereocenters. The molecule has 1 fully saturated rings. The Morgan fingerprint density at radius 3 is 2.34 bits per heavy atom. The number of halogens is 3. The summed E-state index contributed by atoms with van der Waals surface area (Å²) in [6.07, 6.45) is -3.46. The maximum atomic E-state index is 13.1. The number of anilines is 1. The maximum absolute atomic E-state index is 13.1. The van der Waals surface area contributed by atoms with Gasteiger partial charge in [0.25, 0.3) is 5.91 Å². The van der Waals surface area contributed by atoms with Gasteiger partial charge < -0.3 is 24.4 Å². The number of nitrogens with zero attached hydrogens (tertiary/aromatic N) is 1. The first-order valence-corrected chi connectivity index (χ1v) is 12.0. The highest BCUT2D eigenvalue weighted by atomic mass is 19.4. The van der Waals surface area contributed by atoms with Crippen molar-refractivity contribution in [1.29, 1.82) is 0 Å². The van der Waals surface area contributed by atoms with E-state index in [0.717, 1.165) is 0 Å². The van der Waals surface area contributed by atoms with Gasteiger partial charge in [0.1, 0.15) is 24.2 Å². The molecule has 1 aliphatic rings. The van der Waals surface area contributed by atoms with E-state index in [1.807, 2.05) is 0 Å². The summed E-state index contributed by atoms with van der Waals surface area (Å²) in [7, 11) is 1.49. The van der Waals surface area contributed by atoms with Gasteiger partial charge in [-0.1, -0.05) is 36.4 Å². The molecule has 1 aliphatic heterocycles. The summed E-state index contributed by atoms with van der Waals surface area (Å²) in [5.74, 6) is -0.162. The topological polar surface area (TPSA) is 77.1 Å². The third-order valence-corrected chi connectivity index (χ3v) is 6.03.